The second kappa shape index (κ2) is 9.67. The van der Waals surface area contributed by atoms with Crippen molar-refractivity contribution < 1.29 is 9.59 Å². The van der Waals surface area contributed by atoms with E-state index in [1.807, 2.05) is 6.92 Å². The molecular formula is C12H21N3O2. The Morgan fingerprint density at radius 3 is 2.59 bits per heavy atom. The van der Waals surface area contributed by atoms with Crippen LogP contribution in [0.15, 0.2) is 0 Å². The van der Waals surface area contributed by atoms with Gasteiger partial charge >= 0.3 is 0 Å². The van der Waals surface area contributed by atoms with Crippen molar-refractivity contribution in [2.45, 2.75) is 32.7 Å². The molecule has 0 aliphatic carbocycles. The third kappa shape index (κ3) is 8.29. The Morgan fingerprint density at radius 2 is 2.00 bits per heavy atom. The molecule has 0 spiro atoms. The number of carbonyl (C=O) groups excluding carboxylic acids is 2. The average Bonchev–Trinajstić information content (AvgIpc) is 2.33. The fraction of sp³-hybridized carbons (Fsp3) is 0.667. The van der Waals surface area contributed by atoms with E-state index in [0.717, 1.165) is 6.42 Å². The SMILES string of the molecule is C#CCNC(=O)C(C)NCCC(=O)NCCC. The van der Waals surface area contributed by atoms with Crippen LogP contribution in [0.5, 0.6) is 0 Å². The van der Waals surface area contributed by atoms with Gasteiger partial charge < -0.3 is 16.0 Å². The van der Waals surface area contributed by atoms with Gasteiger partial charge in [0, 0.05) is 19.5 Å². The van der Waals surface area contributed by atoms with Gasteiger partial charge in [0.1, 0.15) is 0 Å². The van der Waals surface area contributed by atoms with E-state index in [-0.39, 0.29) is 24.4 Å². The molecule has 0 rings (SSSR count). The van der Waals surface area contributed by atoms with Gasteiger partial charge in [0.05, 0.1) is 12.6 Å². The second-order valence-corrected chi connectivity index (χ2v) is 3.70. The number of rotatable bonds is 8. The van der Waals surface area contributed by atoms with Crippen molar-refractivity contribution in [1.29, 1.82) is 0 Å². The topological polar surface area (TPSA) is 70.2 Å². The number of terminal acetylenes is 1. The fourth-order valence-electron chi connectivity index (χ4n) is 1.14. The van der Waals surface area contributed by atoms with Crippen molar-refractivity contribution in [2.75, 3.05) is 19.6 Å². The van der Waals surface area contributed by atoms with Gasteiger partial charge in [0.2, 0.25) is 11.8 Å². The molecule has 0 aromatic carbocycles. The Bertz CT molecular complexity index is 284. The second-order valence-electron chi connectivity index (χ2n) is 3.70. The molecule has 17 heavy (non-hydrogen) atoms. The lowest BCUT2D eigenvalue weighted by molar-refractivity contribution is -0.123. The van der Waals surface area contributed by atoms with Crippen LogP contribution in [0, 0.1) is 12.3 Å². The highest BCUT2D eigenvalue weighted by Crippen LogP contribution is 1.84. The molecule has 0 bridgehead atoms. The van der Waals surface area contributed by atoms with Crippen molar-refractivity contribution >= 4 is 11.8 Å². The molecule has 0 aliphatic rings. The van der Waals surface area contributed by atoms with E-state index in [1.54, 1.807) is 6.92 Å². The van der Waals surface area contributed by atoms with E-state index in [4.69, 9.17) is 6.42 Å². The largest absolute Gasteiger partial charge is 0.356 e. The first kappa shape index (κ1) is 15.5. The van der Waals surface area contributed by atoms with Crippen LogP contribution in [-0.2, 0) is 9.59 Å². The predicted octanol–water partition coefficient (Wildman–Crippen LogP) is -0.370. The Labute approximate surface area is 103 Å². The van der Waals surface area contributed by atoms with Gasteiger partial charge in [-0.3, -0.25) is 9.59 Å². The van der Waals surface area contributed by atoms with Crippen LogP contribution in [0.25, 0.3) is 0 Å². The lowest BCUT2D eigenvalue weighted by Crippen LogP contribution is -2.43. The quantitative estimate of drug-likeness (QED) is 0.506. The highest BCUT2D eigenvalue weighted by molar-refractivity contribution is 5.81. The summed E-state index contributed by atoms with van der Waals surface area (Å²) in [6, 6.07) is -0.345. The maximum Gasteiger partial charge on any atom is 0.237 e. The normalized spacial score (nSPS) is 11.4. The number of carbonyl (C=O) groups is 2. The van der Waals surface area contributed by atoms with E-state index in [0.29, 0.717) is 19.5 Å². The third-order valence-corrected chi connectivity index (χ3v) is 2.13. The molecule has 0 aliphatic heterocycles. The highest BCUT2D eigenvalue weighted by Gasteiger charge is 2.11. The summed E-state index contributed by atoms with van der Waals surface area (Å²) in [6.07, 6.45) is 6.31. The van der Waals surface area contributed by atoms with E-state index >= 15 is 0 Å². The van der Waals surface area contributed by atoms with Crippen molar-refractivity contribution in [3.63, 3.8) is 0 Å². The van der Waals surface area contributed by atoms with Gasteiger partial charge in [-0.05, 0) is 13.3 Å². The molecule has 0 heterocycles. The van der Waals surface area contributed by atoms with E-state index in [9.17, 15) is 9.59 Å². The molecule has 0 saturated carbocycles. The number of hydrogen-bond donors (Lipinski definition) is 3. The lowest BCUT2D eigenvalue weighted by atomic mass is 10.3. The molecule has 0 fully saturated rings. The van der Waals surface area contributed by atoms with Crippen LogP contribution in [0.3, 0.4) is 0 Å². The molecule has 0 saturated heterocycles. The minimum Gasteiger partial charge on any atom is -0.356 e. The Hall–Kier alpha value is -1.54. The van der Waals surface area contributed by atoms with Crippen molar-refractivity contribution in [2.24, 2.45) is 0 Å². The molecule has 96 valence electrons. The van der Waals surface area contributed by atoms with E-state index in [1.165, 1.54) is 0 Å². The summed E-state index contributed by atoms with van der Waals surface area (Å²) in [5.41, 5.74) is 0. The van der Waals surface area contributed by atoms with Crippen molar-refractivity contribution in [1.82, 2.24) is 16.0 Å². The molecule has 0 aromatic heterocycles. The van der Waals surface area contributed by atoms with Crippen LogP contribution in [0.2, 0.25) is 0 Å². The van der Waals surface area contributed by atoms with Crippen LogP contribution in [0.4, 0.5) is 0 Å². The minimum absolute atomic E-state index is 0.00409. The standard InChI is InChI=1S/C12H21N3O2/c1-4-7-14-11(16)6-9-13-10(3)12(17)15-8-5-2/h2,10,13H,4,6-9H2,1,3H3,(H,14,16)(H,15,17). The Kier molecular flexibility index (Phi) is 8.79. The van der Waals surface area contributed by atoms with Gasteiger partial charge in [-0.25, -0.2) is 0 Å². The molecular weight excluding hydrogens is 218 g/mol. The first-order valence-corrected chi connectivity index (χ1v) is 5.83. The number of nitrogens with one attached hydrogen (secondary N) is 3. The molecule has 5 heteroatoms. The van der Waals surface area contributed by atoms with Gasteiger partial charge in [-0.2, -0.15) is 0 Å². The van der Waals surface area contributed by atoms with Crippen LogP contribution in [0.1, 0.15) is 26.7 Å². The zero-order chi connectivity index (χ0) is 13.1. The molecule has 5 nitrogen and oxygen atoms in total. The summed E-state index contributed by atoms with van der Waals surface area (Å²) in [7, 11) is 0. The minimum atomic E-state index is -0.345. The Morgan fingerprint density at radius 1 is 1.29 bits per heavy atom. The van der Waals surface area contributed by atoms with Crippen LogP contribution in [-0.4, -0.2) is 37.5 Å². The summed E-state index contributed by atoms with van der Waals surface area (Å²) in [5.74, 6) is 2.17. The summed E-state index contributed by atoms with van der Waals surface area (Å²) in [6.45, 7) is 5.12. The van der Waals surface area contributed by atoms with E-state index in [2.05, 4.69) is 21.9 Å². The van der Waals surface area contributed by atoms with Crippen molar-refractivity contribution in [3.05, 3.63) is 0 Å². The molecule has 2 amide bonds. The van der Waals surface area contributed by atoms with Gasteiger partial charge in [-0.1, -0.05) is 12.8 Å². The van der Waals surface area contributed by atoms with Gasteiger partial charge in [-0.15, -0.1) is 6.42 Å². The lowest BCUT2D eigenvalue weighted by Gasteiger charge is -2.12. The van der Waals surface area contributed by atoms with Gasteiger partial charge in [0.25, 0.3) is 0 Å². The smallest absolute Gasteiger partial charge is 0.237 e. The van der Waals surface area contributed by atoms with Crippen LogP contribution >= 0.6 is 0 Å². The first-order valence-electron chi connectivity index (χ1n) is 5.83. The number of amides is 2. The summed E-state index contributed by atoms with van der Waals surface area (Å²) >= 11 is 0. The van der Waals surface area contributed by atoms with Gasteiger partial charge in [0.15, 0.2) is 0 Å². The average molecular weight is 239 g/mol. The molecule has 1 unspecified atom stereocenters. The molecule has 0 radical (unpaired) electrons. The monoisotopic (exact) mass is 239 g/mol. The van der Waals surface area contributed by atoms with E-state index < -0.39 is 0 Å². The maximum atomic E-state index is 11.4. The summed E-state index contributed by atoms with van der Waals surface area (Å²) in [5, 5.41) is 8.29. The third-order valence-electron chi connectivity index (χ3n) is 2.13. The number of hydrogen-bond acceptors (Lipinski definition) is 3. The highest BCUT2D eigenvalue weighted by atomic mass is 16.2. The Balaban J connectivity index is 3.63. The molecule has 0 aromatic rings. The predicted molar refractivity (Wildman–Crippen MR) is 67.2 cm³/mol. The summed E-state index contributed by atoms with van der Waals surface area (Å²) in [4.78, 5) is 22.6. The zero-order valence-electron chi connectivity index (χ0n) is 10.5. The first-order chi connectivity index (χ1) is 8.11. The summed E-state index contributed by atoms with van der Waals surface area (Å²) < 4.78 is 0. The maximum absolute atomic E-state index is 11.4. The molecule has 1 atom stereocenters. The van der Waals surface area contributed by atoms with Crippen LogP contribution < -0.4 is 16.0 Å². The zero-order valence-corrected chi connectivity index (χ0v) is 10.5. The molecule has 3 N–H and O–H groups in total. The van der Waals surface area contributed by atoms with Crippen molar-refractivity contribution in [3.8, 4) is 12.3 Å². The fourth-order valence-corrected chi connectivity index (χ4v) is 1.14.